The fourth-order valence-electron chi connectivity index (χ4n) is 0.938. The number of nitrogens with one attached hydrogen (secondary N) is 1. The van der Waals surface area contributed by atoms with E-state index in [1.54, 1.807) is 0 Å². The Kier molecular flexibility index (Phi) is 3.09. The molecule has 0 aliphatic heterocycles. The predicted molar refractivity (Wildman–Crippen MR) is 51.6 cm³/mol. The normalized spacial score (nSPS) is 10.2. The van der Waals surface area contributed by atoms with Gasteiger partial charge in [0.1, 0.15) is 0 Å². The van der Waals surface area contributed by atoms with Gasteiger partial charge in [0, 0.05) is 18.0 Å². The van der Waals surface area contributed by atoms with Gasteiger partial charge in [-0.2, -0.15) is 0 Å². The number of aliphatic carboxylic acids is 1. The van der Waals surface area contributed by atoms with Crippen molar-refractivity contribution in [3.05, 3.63) is 42.1 Å². The van der Waals surface area contributed by atoms with Crippen LogP contribution in [0.5, 0.6) is 0 Å². The minimum absolute atomic E-state index is 0.917. The Balaban J connectivity index is 2.64. The number of hydrogen-bond donors (Lipinski definition) is 2. The van der Waals surface area contributed by atoms with E-state index < -0.39 is 5.97 Å². The monoisotopic (exact) mass is 177 g/mol. The van der Waals surface area contributed by atoms with Crippen LogP contribution >= 0.6 is 0 Å². The van der Waals surface area contributed by atoms with E-state index >= 15 is 0 Å². The molecule has 68 valence electrons. The highest BCUT2D eigenvalue weighted by Crippen LogP contribution is 2.12. The van der Waals surface area contributed by atoms with Crippen molar-refractivity contribution in [3.8, 4) is 0 Å². The predicted octanol–water partition coefficient (Wildman–Crippen LogP) is 2.01. The molecule has 1 aromatic rings. The average molecular weight is 177 g/mol. The maximum absolute atomic E-state index is 10.1. The van der Waals surface area contributed by atoms with Crippen molar-refractivity contribution in [2.75, 3.05) is 5.32 Å². The van der Waals surface area contributed by atoms with Gasteiger partial charge in [0.15, 0.2) is 0 Å². The third-order valence-electron chi connectivity index (χ3n) is 1.61. The highest BCUT2D eigenvalue weighted by molar-refractivity contribution is 5.80. The summed E-state index contributed by atoms with van der Waals surface area (Å²) < 4.78 is 0. The lowest BCUT2D eigenvalue weighted by Gasteiger charge is -2.03. The molecule has 0 heterocycles. The van der Waals surface area contributed by atoms with Gasteiger partial charge >= 0.3 is 5.97 Å². The van der Waals surface area contributed by atoms with E-state index in [0.717, 1.165) is 17.3 Å². The Morgan fingerprint density at radius 1 is 1.46 bits per heavy atom. The number of carboxylic acid groups (broad SMARTS) is 1. The number of carboxylic acids is 1. The van der Waals surface area contributed by atoms with Crippen molar-refractivity contribution < 1.29 is 9.90 Å². The molecule has 0 fully saturated rings. The van der Waals surface area contributed by atoms with Crippen molar-refractivity contribution in [1.29, 1.82) is 0 Å². The molecular weight excluding hydrogens is 166 g/mol. The van der Waals surface area contributed by atoms with Gasteiger partial charge < -0.3 is 10.4 Å². The Hall–Kier alpha value is -1.77. The lowest BCUT2D eigenvalue weighted by Crippen LogP contribution is -1.93. The molecule has 0 amide bonds. The molecule has 1 aromatic carbocycles. The molecule has 1 rings (SSSR count). The third kappa shape index (κ3) is 2.99. The number of para-hydroxylation sites is 1. The molecule has 13 heavy (non-hydrogen) atoms. The number of aryl methyl sites for hydroxylation is 1. The van der Waals surface area contributed by atoms with Crippen LogP contribution < -0.4 is 5.32 Å². The summed E-state index contributed by atoms with van der Waals surface area (Å²) in [6, 6.07) is 7.67. The summed E-state index contributed by atoms with van der Waals surface area (Å²) in [6.07, 6.45) is 2.47. The van der Waals surface area contributed by atoms with E-state index in [9.17, 15) is 4.79 Å². The van der Waals surface area contributed by atoms with Crippen LogP contribution in [0.25, 0.3) is 0 Å². The van der Waals surface area contributed by atoms with Crippen LogP contribution in [0.4, 0.5) is 5.69 Å². The van der Waals surface area contributed by atoms with Gasteiger partial charge in [0.25, 0.3) is 0 Å². The van der Waals surface area contributed by atoms with Gasteiger partial charge in [-0.15, -0.1) is 0 Å². The maximum atomic E-state index is 10.1. The summed E-state index contributed by atoms with van der Waals surface area (Å²) in [5.41, 5.74) is 2.00. The lowest BCUT2D eigenvalue weighted by molar-refractivity contribution is -0.131. The fourth-order valence-corrected chi connectivity index (χ4v) is 0.938. The Morgan fingerprint density at radius 2 is 2.15 bits per heavy atom. The smallest absolute Gasteiger partial charge is 0.329 e. The van der Waals surface area contributed by atoms with Crippen LogP contribution in [-0.4, -0.2) is 11.1 Å². The first-order chi connectivity index (χ1) is 6.20. The second-order valence-electron chi connectivity index (χ2n) is 2.63. The first-order valence-corrected chi connectivity index (χ1v) is 3.92. The SMILES string of the molecule is Cc1ccccc1N/C=C/C(=O)O. The van der Waals surface area contributed by atoms with Gasteiger partial charge in [0.2, 0.25) is 0 Å². The van der Waals surface area contributed by atoms with E-state index in [1.807, 2.05) is 31.2 Å². The number of rotatable bonds is 3. The van der Waals surface area contributed by atoms with Crippen LogP contribution in [0.3, 0.4) is 0 Å². The van der Waals surface area contributed by atoms with Gasteiger partial charge in [-0.3, -0.25) is 0 Å². The van der Waals surface area contributed by atoms with Gasteiger partial charge in [0.05, 0.1) is 0 Å². The molecule has 0 aromatic heterocycles. The molecule has 0 aliphatic rings. The Bertz CT molecular complexity index is 331. The minimum Gasteiger partial charge on any atom is -0.478 e. The van der Waals surface area contributed by atoms with Gasteiger partial charge in [-0.05, 0) is 18.6 Å². The van der Waals surface area contributed by atoms with E-state index in [2.05, 4.69) is 5.32 Å². The molecule has 3 heteroatoms. The first-order valence-electron chi connectivity index (χ1n) is 3.92. The van der Waals surface area contributed by atoms with Crippen molar-refractivity contribution in [2.24, 2.45) is 0 Å². The second kappa shape index (κ2) is 4.30. The Labute approximate surface area is 76.7 Å². The van der Waals surface area contributed by atoms with Crippen molar-refractivity contribution >= 4 is 11.7 Å². The fraction of sp³-hybridized carbons (Fsp3) is 0.100. The number of benzene rings is 1. The summed E-state index contributed by atoms with van der Waals surface area (Å²) in [6.45, 7) is 1.96. The summed E-state index contributed by atoms with van der Waals surface area (Å²) in [7, 11) is 0. The quantitative estimate of drug-likeness (QED) is 0.694. The zero-order chi connectivity index (χ0) is 9.68. The van der Waals surface area contributed by atoms with Crippen LogP contribution in [0.15, 0.2) is 36.5 Å². The maximum Gasteiger partial charge on any atom is 0.329 e. The van der Waals surface area contributed by atoms with Crippen LogP contribution in [0.2, 0.25) is 0 Å². The molecule has 0 unspecified atom stereocenters. The van der Waals surface area contributed by atoms with Crippen molar-refractivity contribution in [2.45, 2.75) is 6.92 Å². The third-order valence-corrected chi connectivity index (χ3v) is 1.61. The molecule has 0 saturated heterocycles. The molecule has 0 radical (unpaired) electrons. The second-order valence-corrected chi connectivity index (χ2v) is 2.63. The minimum atomic E-state index is -0.957. The molecule has 2 N–H and O–H groups in total. The zero-order valence-electron chi connectivity index (χ0n) is 7.32. The molecular formula is C10H11NO2. The van der Waals surface area contributed by atoms with Crippen LogP contribution in [0, 0.1) is 6.92 Å². The first kappa shape index (κ1) is 9.32. The Morgan fingerprint density at radius 3 is 2.77 bits per heavy atom. The van der Waals surface area contributed by atoms with E-state index in [1.165, 1.54) is 6.20 Å². The zero-order valence-corrected chi connectivity index (χ0v) is 7.32. The molecule has 3 nitrogen and oxygen atoms in total. The summed E-state index contributed by atoms with van der Waals surface area (Å²) in [4.78, 5) is 10.1. The number of carbonyl (C=O) groups is 1. The standard InChI is InChI=1S/C10H11NO2/c1-8-4-2-3-5-9(8)11-7-6-10(12)13/h2-7,11H,1H3,(H,12,13)/b7-6+. The summed E-state index contributed by atoms with van der Waals surface area (Å²) >= 11 is 0. The number of anilines is 1. The molecule has 0 atom stereocenters. The molecule has 0 spiro atoms. The summed E-state index contributed by atoms with van der Waals surface area (Å²) in [5, 5.41) is 11.2. The van der Waals surface area contributed by atoms with E-state index in [0.29, 0.717) is 0 Å². The highest BCUT2D eigenvalue weighted by Gasteiger charge is 1.92. The largest absolute Gasteiger partial charge is 0.478 e. The van der Waals surface area contributed by atoms with Crippen LogP contribution in [-0.2, 0) is 4.79 Å². The average Bonchev–Trinajstić information content (AvgIpc) is 2.08. The van der Waals surface area contributed by atoms with E-state index in [4.69, 9.17) is 5.11 Å². The van der Waals surface area contributed by atoms with Gasteiger partial charge in [-0.25, -0.2) is 4.79 Å². The molecule has 0 saturated carbocycles. The van der Waals surface area contributed by atoms with Gasteiger partial charge in [-0.1, -0.05) is 18.2 Å². The number of hydrogen-bond acceptors (Lipinski definition) is 2. The topological polar surface area (TPSA) is 49.3 Å². The summed E-state index contributed by atoms with van der Waals surface area (Å²) in [5.74, 6) is -0.957. The lowest BCUT2D eigenvalue weighted by atomic mass is 10.2. The molecule has 0 aliphatic carbocycles. The van der Waals surface area contributed by atoms with E-state index in [-0.39, 0.29) is 0 Å². The highest BCUT2D eigenvalue weighted by atomic mass is 16.4. The van der Waals surface area contributed by atoms with Crippen LogP contribution in [0.1, 0.15) is 5.56 Å². The molecule has 0 bridgehead atoms. The van der Waals surface area contributed by atoms with Crippen molar-refractivity contribution in [1.82, 2.24) is 0 Å². The van der Waals surface area contributed by atoms with Crippen molar-refractivity contribution in [3.63, 3.8) is 0 Å².